The Labute approximate surface area is 138 Å². The topological polar surface area (TPSA) is 70.2 Å². The van der Waals surface area contributed by atoms with Crippen molar-refractivity contribution >= 4 is 40.2 Å². The first kappa shape index (κ1) is 16.1. The number of carbonyl (C=O) groups excluding carboxylic acids is 2. The lowest BCUT2D eigenvalue weighted by Crippen LogP contribution is -2.44. The third-order valence-electron chi connectivity index (χ3n) is 2.59. The minimum absolute atomic E-state index is 0.206. The van der Waals surface area contributed by atoms with Crippen LogP contribution in [0, 0.1) is 15.2 Å². The van der Waals surface area contributed by atoms with E-state index in [-0.39, 0.29) is 5.69 Å². The molecule has 0 radical (unpaired) electrons. The second-order valence-electron chi connectivity index (χ2n) is 4.14. The van der Waals surface area contributed by atoms with E-state index in [2.05, 4.69) is 16.2 Å². The molecule has 2 aromatic rings. The maximum absolute atomic E-state index is 13.4. The number of carbonyl (C=O) groups is 2. The van der Waals surface area contributed by atoms with Gasteiger partial charge in [-0.1, -0.05) is 12.1 Å². The van der Waals surface area contributed by atoms with Gasteiger partial charge < -0.3 is 5.32 Å². The Morgan fingerprint density at radius 2 is 1.73 bits per heavy atom. The van der Waals surface area contributed by atoms with Gasteiger partial charge in [0.1, 0.15) is 11.6 Å². The molecule has 0 fully saturated rings. The van der Waals surface area contributed by atoms with Crippen molar-refractivity contribution in [2.75, 3.05) is 5.32 Å². The van der Waals surface area contributed by atoms with Crippen molar-refractivity contribution in [3.8, 4) is 0 Å². The molecule has 2 rings (SSSR count). The smallest absolute Gasteiger partial charge is 0.304 e. The summed E-state index contributed by atoms with van der Waals surface area (Å²) in [6.07, 6.45) is 0. The molecule has 0 saturated carbocycles. The predicted molar refractivity (Wildman–Crippen MR) is 85.1 cm³/mol. The van der Waals surface area contributed by atoms with Crippen LogP contribution in [-0.2, 0) is 0 Å². The molecule has 0 heterocycles. The molecule has 0 aliphatic heterocycles. The van der Waals surface area contributed by atoms with E-state index in [1.807, 2.05) is 22.6 Å². The predicted octanol–water partition coefficient (Wildman–Crippen LogP) is 3.04. The molecular formula is C14H10F2IN3O2. The van der Waals surface area contributed by atoms with E-state index in [0.29, 0.717) is 15.2 Å². The van der Waals surface area contributed by atoms with Crippen LogP contribution in [0.25, 0.3) is 0 Å². The highest BCUT2D eigenvalue weighted by molar-refractivity contribution is 14.1. The van der Waals surface area contributed by atoms with Crippen molar-refractivity contribution in [1.29, 1.82) is 0 Å². The fourth-order valence-corrected chi connectivity index (χ4v) is 2.20. The summed E-state index contributed by atoms with van der Waals surface area (Å²) in [5, 5.41) is 2.15. The summed E-state index contributed by atoms with van der Waals surface area (Å²) < 4.78 is 26.8. The average molecular weight is 417 g/mol. The van der Waals surface area contributed by atoms with Gasteiger partial charge in [-0.3, -0.25) is 10.2 Å². The molecule has 22 heavy (non-hydrogen) atoms. The number of halogens is 3. The minimum atomic E-state index is -0.918. The van der Waals surface area contributed by atoms with Gasteiger partial charge in [0.25, 0.3) is 5.91 Å². The normalized spacial score (nSPS) is 9.95. The van der Waals surface area contributed by atoms with Gasteiger partial charge in [0, 0.05) is 9.64 Å². The number of rotatable bonds is 2. The molecule has 0 aliphatic carbocycles. The Bertz CT molecular complexity index is 725. The number of hydrazine groups is 1. The first-order chi connectivity index (χ1) is 10.5. The van der Waals surface area contributed by atoms with Crippen LogP contribution in [0.4, 0.5) is 19.3 Å². The summed E-state index contributed by atoms with van der Waals surface area (Å²) in [5.74, 6) is -2.19. The zero-order valence-corrected chi connectivity index (χ0v) is 13.1. The van der Waals surface area contributed by atoms with Crippen LogP contribution < -0.4 is 16.2 Å². The fraction of sp³-hybridized carbons (Fsp3) is 0. The first-order valence-corrected chi connectivity index (χ1v) is 7.12. The van der Waals surface area contributed by atoms with E-state index in [0.717, 1.165) is 12.1 Å². The molecule has 3 amide bonds. The number of benzene rings is 2. The molecule has 0 bridgehead atoms. The summed E-state index contributed by atoms with van der Waals surface area (Å²) in [5.41, 5.74) is 4.45. The van der Waals surface area contributed by atoms with Crippen LogP contribution in [0.3, 0.4) is 0 Å². The Hall–Kier alpha value is -2.23. The number of hydrogen-bond acceptors (Lipinski definition) is 2. The molecule has 0 spiro atoms. The number of hydrogen-bond donors (Lipinski definition) is 3. The van der Waals surface area contributed by atoms with Crippen molar-refractivity contribution in [3.63, 3.8) is 0 Å². The van der Waals surface area contributed by atoms with E-state index >= 15 is 0 Å². The highest BCUT2D eigenvalue weighted by Crippen LogP contribution is 2.14. The lowest BCUT2D eigenvalue weighted by atomic mass is 10.2. The molecule has 0 unspecified atom stereocenters. The number of anilines is 1. The van der Waals surface area contributed by atoms with E-state index < -0.39 is 23.6 Å². The first-order valence-electron chi connectivity index (χ1n) is 6.04. The zero-order valence-electron chi connectivity index (χ0n) is 11.0. The van der Waals surface area contributed by atoms with Crippen LogP contribution in [-0.4, -0.2) is 11.9 Å². The molecule has 0 atom stereocenters. The third kappa shape index (κ3) is 4.13. The summed E-state index contributed by atoms with van der Waals surface area (Å²) in [6.45, 7) is 0. The van der Waals surface area contributed by atoms with Gasteiger partial charge in [0.2, 0.25) is 0 Å². The van der Waals surface area contributed by atoms with Crippen LogP contribution >= 0.6 is 22.6 Å². The Balaban J connectivity index is 1.93. The fourth-order valence-electron chi connectivity index (χ4n) is 1.57. The number of amides is 3. The molecule has 2 aromatic carbocycles. The Kier molecular flexibility index (Phi) is 5.26. The van der Waals surface area contributed by atoms with Gasteiger partial charge in [-0.05, 0) is 46.9 Å². The van der Waals surface area contributed by atoms with Crippen LogP contribution in [0.1, 0.15) is 10.4 Å². The molecule has 0 aliphatic rings. The zero-order chi connectivity index (χ0) is 16.1. The molecule has 3 N–H and O–H groups in total. The summed E-state index contributed by atoms with van der Waals surface area (Å²) >= 11 is 1.98. The quantitative estimate of drug-likeness (QED) is 0.520. The molecule has 8 heteroatoms. The molecule has 114 valence electrons. The van der Waals surface area contributed by atoms with Crippen LogP contribution in [0.15, 0.2) is 42.5 Å². The number of urea groups is 1. The SMILES string of the molecule is O=C(NNC(=O)c1ccccc1I)Nc1ccc(F)cc1F. The van der Waals surface area contributed by atoms with Gasteiger partial charge in [-0.15, -0.1) is 0 Å². The second kappa shape index (κ2) is 7.16. The lowest BCUT2D eigenvalue weighted by Gasteiger charge is -2.10. The third-order valence-corrected chi connectivity index (χ3v) is 3.53. The summed E-state index contributed by atoms with van der Waals surface area (Å²) in [4.78, 5) is 23.4. The molecule has 0 aromatic heterocycles. The van der Waals surface area contributed by atoms with E-state index in [1.54, 1.807) is 24.3 Å². The van der Waals surface area contributed by atoms with Crippen LogP contribution in [0.2, 0.25) is 0 Å². The minimum Gasteiger partial charge on any atom is -0.304 e. The highest BCUT2D eigenvalue weighted by atomic mass is 127. The van der Waals surface area contributed by atoms with E-state index in [4.69, 9.17) is 0 Å². The number of nitrogens with one attached hydrogen (secondary N) is 3. The maximum atomic E-state index is 13.4. The average Bonchev–Trinajstić information content (AvgIpc) is 2.48. The molecule has 5 nitrogen and oxygen atoms in total. The Morgan fingerprint density at radius 3 is 2.41 bits per heavy atom. The van der Waals surface area contributed by atoms with Gasteiger partial charge >= 0.3 is 6.03 Å². The van der Waals surface area contributed by atoms with Crippen molar-refractivity contribution in [1.82, 2.24) is 10.9 Å². The Morgan fingerprint density at radius 1 is 1.00 bits per heavy atom. The maximum Gasteiger partial charge on any atom is 0.338 e. The standard InChI is InChI=1S/C14H10F2IN3O2/c15-8-5-6-12(10(16)7-8)18-14(22)20-19-13(21)9-3-1-2-4-11(9)17/h1-7H,(H,19,21)(H2,18,20,22). The van der Waals surface area contributed by atoms with Crippen molar-refractivity contribution in [2.24, 2.45) is 0 Å². The lowest BCUT2D eigenvalue weighted by molar-refractivity contribution is 0.0937. The molecular weight excluding hydrogens is 407 g/mol. The summed E-state index contributed by atoms with van der Waals surface area (Å²) in [6, 6.07) is 8.65. The largest absolute Gasteiger partial charge is 0.338 e. The van der Waals surface area contributed by atoms with Gasteiger partial charge in [-0.25, -0.2) is 19.0 Å². The molecule has 0 saturated heterocycles. The van der Waals surface area contributed by atoms with Crippen molar-refractivity contribution in [3.05, 3.63) is 63.2 Å². The van der Waals surface area contributed by atoms with Crippen LogP contribution in [0.5, 0.6) is 0 Å². The summed E-state index contributed by atoms with van der Waals surface area (Å²) in [7, 11) is 0. The van der Waals surface area contributed by atoms with E-state index in [1.165, 1.54) is 0 Å². The second-order valence-corrected chi connectivity index (χ2v) is 5.30. The van der Waals surface area contributed by atoms with E-state index in [9.17, 15) is 18.4 Å². The monoisotopic (exact) mass is 417 g/mol. The van der Waals surface area contributed by atoms with Gasteiger partial charge in [0.15, 0.2) is 0 Å². The van der Waals surface area contributed by atoms with Gasteiger partial charge in [0.05, 0.1) is 11.3 Å². The van der Waals surface area contributed by atoms with Gasteiger partial charge in [-0.2, -0.15) is 0 Å². The van der Waals surface area contributed by atoms with Crippen molar-refractivity contribution < 1.29 is 18.4 Å². The highest BCUT2D eigenvalue weighted by Gasteiger charge is 2.11. The van der Waals surface area contributed by atoms with Crippen molar-refractivity contribution in [2.45, 2.75) is 0 Å².